The van der Waals surface area contributed by atoms with Crippen LogP contribution in [0.25, 0.3) is 0 Å². The number of carbonyl (C=O) groups excluding carboxylic acids is 1. The zero-order valence-corrected chi connectivity index (χ0v) is 14.7. The molecule has 1 heterocycles. The number of rotatable bonds is 4. The first kappa shape index (κ1) is 20.1. The molecule has 0 aliphatic rings. The van der Waals surface area contributed by atoms with Gasteiger partial charge < -0.3 is 15.3 Å². The predicted octanol–water partition coefficient (Wildman–Crippen LogP) is 2.87. The molecule has 10 heteroatoms. The molecule has 0 aliphatic heterocycles. The highest BCUT2D eigenvalue weighted by Crippen LogP contribution is 2.30. The number of methoxy groups -OCH3 is 1. The summed E-state index contributed by atoms with van der Waals surface area (Å²) >= 11 is 0. The lowest BCUT2D eigenvalue weighted by atomic mass is 9.99. The average Bonchev–Trinajstić information content (AvgIpc) is 2.64. The molecule has 144 valence electrons. The number of oxime groups is 1. The van der Waals surface area contributed by atoms with Crippen LogP contribution in [-0.4, -0.2) is 34.0 Å². The number of benzene rings is 1. The van der Waals surface area contributed by atoms with Gasteiger partial charge in [-0.2, -0.15) is 18.2 Å². The molecule has 0 aliphatic carbocycles. The Morgan fingerprint density at radius 2 is 1.89 bits per heavy atom. The highest BCUT2D eigenvalue weighted by atomic mass is 19.4. The summed E-state index contributed by atoms with van der Waals surface area (Å²) in [5, 5.41) is 14.6. The standard InChI is InChI=1S/C17H17F3N4O3/c1-9(11-4-6-12(7-5-11)17(18,19)20)16(25)23-15(24-26)13-8-14(27-3)22-10(2)21-13/h4-9,26H,1-3H3,(H,23,24,25). The van der Waals surface area contributed by atoms with E-state index in [-0.39, 0.29) is 17.4 Å². The van der Waals surface area contributed by atoms with Crippen LogP contribution in [0.15, 0.2) is 35.5 Å². The number of halogens is 3. The van der Waals surface area contributed by atoms with Gasteiger partial charge in [-0.15, -0.1) is 0 Å². The Balaban J connectivity index is 2.18. The maximum absolute atomic E-state index is 12.6. The van der Waals surface area contributed by atoms with Crippen molar-refractivity contribution >= 4 is 11.7 Å². The second kappa shape index (κ2) is 8.02. The molecule has 1 atom stereocenters. The normalized spacial score (nSPS) is 13.2. The van der Waals surface area contributed by atoms with Gasteiger partial charge in [0.05, 0.1) is 18.6 Å². The van der Waals surface area contributed by atoms with Crippen molar-refractivity contribution in [1.82, 2.24) is 15.3 Å². The topological polar surface area (TPSA) is 96.7 Å². The minimum Gasteiger partial charge on any atom is -0.481 e. The zero-order valence-electron chi connectivity index (χ0n) is 14.7. The number of amides is 1. The lowest BCUT2D eigenvalue weighted by molar-refractivity contribution is -0.137. The van der Waals surface area contributed by atoms with E-state index in [1.54, 1.807) is 6.92 Å². The van der Waals surface area contributed by atoms with Crippen molar-refractivity contribution in [2.24, 2.45) is 5.16 Å². The Labute approximate surface area is 152 Å². The van der Waals surface area contributed by atoms with Gasteiger partial charge in [0.25, 0.3) is 0 Å². The summed E-state index contributed by atoms with van der Waals surface area (Å²) in [6, 6.07) is 5.62. The molecule has 0 bridgehead atoms. The first-order valence-corrected chi connectivity index (χ1v) is 7.75. The number of nitrogens with zero attached hydrogens (tertiary/aromatic N) is 3. The predicted molar refractivity (Wildman–Crippen MR) is 89.6 cm³/mol. The lowest BCUT2D eigenvalue weighted by Gasteiger charge is -2.14. The van der Waals surface area contributed by atoms with E-state index in [0.29, 0.717) is 11.4 Å². The van der Waals surface area contributed by atoms with Crippen molar-refractivity contribution < 1.29 is 27.9 Å². The van der Waals surface area contributed by atoms with E-state index in [1.807, 2.05) is 0 Å². The Kier molecular flexibility index (Phi) is 5.98. The van der Waals surface area contributed by atoms with Gasteiger partial charge in [0.2, 0.25) is 11.8 Å². The van der Waals surface area contributed by atoms with Gasteiger partial charge in [-0.1, -0.05) is 17.3 Å². The van der Waals surface area contributed by atoms with Crippen molar-refractivity contribution in [3.05, 3.63) is 53.0 Å². The maximum atomic E-state index is 12.6. The third kappa shape index (κ3) is 4.93. The lowest BCUT2D eigenvalue weighted by Crippen LogP contribution is -2.35. The van der Waals surface area contributed by atoms with Crippen molar-refractivity contribution in [3.8, 4) is 5.88 Å². The molecule has 0 radical (unpaired) electrons. The van der Waals surface area contributed by atoms with Crippen molar-refractivity contribution in [1.29, 1.82) is 0 Å². The van der Waals surface area contributed by atoms with E-state index in [9.17, 15) is 23.2 Å². The number of hydrogen-bond acceptors (Lipinski definition) is 6. The van der Waals surface area contributed by atoms with Gasteiger partial charge in [-0.05, 0) is 31.5 Å². The molecule has 1 aromatic heterocycles. The van der Waals surface area contributed by atoms with Crippen LogP contribution in [0.1, 0.15) is 35.5 Å². The largest absolute Gasteiger partial charge is 0.481 e. The Hall–Kier alpha value is -3.17. The third-order valence-electron chi connectivity index (χ3n) is 3.74. The molecular formula is C17H17F3N4O3. The molecule has 0 spiro atoms. The molecule has 0 saturated carbocycles. The molecule has 0 fully saturated rings. The summed E-state index contributed by atoms with van der Waals surface area (Å²) in [6.07, 6.45) is -4.45. The average molecular weight is 382 g/mol. The van der Waals surface area contributed by atoms with Gasteiger partial charge in [0.1, 0.15) is 11.5 Å². The van der Waals surface area contributed by atoms with Crippen LogP contribution >= 0.6 is 0 Å². The van der Waals surface area contributed by atoms with E-state index in [2.05, 4.69) is 20.4 Å². The smallest absolute Gasteiger partial charge is 0.416 e. The monoisotopic (exact) mass is 382 g/mol. The van der Waals surface area contributed by atoms with Crippen LogP contribution < -0.4 is 10.1 Å². The number of ether oxygens (including phenoxy) is 1. The Morgan fingerprint density at radius 3 is 2.41 bits per heavy atom. The minimum absolute atomic E-state index is 0.120. The first-order valence-electron chi connectivity index (χ1n) is 7.75. The van der Waals surface area contributed by atoms with Gasteiger partial charge in [0.15, 0.2) is 5.84 Å². The number of nitrogens with one attached hydrogen (secondary N) is 1. The molecule has 1 amide bonds. The third-order valence-corrected chi connectivity index (χ3v) is 3.74. The van der Waals surface area contributed by atoms with E-state index < -0.39 is 23.6 Å². The van der Waals surface area contributed by atoms with Gasteiger partial charge in [-0.3, -0.25) is 4.79 Å². The number of hydrogen-bond donors (Lipinski definition) is 2. The van der Waals surface area contributed by atoms with Crippen LogP contribution in [-0.2, 0) is 11.0 Å². The SMILES string of the molecule is COc1cc(C(=NO)NC(=O)C(C)c2ccc(C(F)(F)F)cc2)nc(C)n1. The van der Waals surface area contributed by atoms with Crippen molar-refractivity contribution in [2.75, 3.05) is 7.11 Å². The van der Waals surface area contributed by atoms with Crippen molar-refractivity contribution in [3.63, 3.8) is 0 Å². The molecule has 1 aromatic carbocycles. The van der Waals surface area contributed by atoms with Gasteiger partial charge in [0, 0.05) is 6.07 Å². The quantitative estimate of drug-likeness (QED) is 0.367. The molecule has 7 nitrogen and oxygen atoms in total. The molecule has 2 aromatic rings. The summed E-state index contributed by atoms with van der Waals surface area (Å²) in [5.74, 6) is -1.08. The minimum atomic E-state index is -4.45. The van der Waals surface area contributed by atoms with Gasteiger partial charge in [-0.25, -0.2) is 4.98 Å². The number of aryl methyl sites for hydroxylation is 1. The molecule has 2 rings (SSSR count). The second-order valence-electron chi connectivity index (χ2n) is 5.62. The summed E-state index contributed by atoms with van der Waals surface area (Å²) in [4.78, 5) is 20.4. The molecule has 27 heavy (non-hydrogen) atoms. The molecule has 2 N–H and O–H groups in total. The van der Waals surface area contributed by atoms with E-state index in [4.69, 9.17) is 4.74 Å². The summed E-state index contributed by atoms with van der Waals surface area (Å²) in [6.45, 7) is 3.10. The van der Waals surface area contributed by atoms with E-state index >= 15 is 0 Å². The van der Waals surface area contributed by atoms with Gasteiger partial charge >= 0.3 is 6.18 Å². The molecule has 1 unspecified atom stereocenters. The summed E-state index contributed by atoms with van der Waals surface area (Å²) in [7, 11) is 1.40. The van der Waals surface area contributed by atoms with E-state index in [0.717, 1.165) is 12.1 Å². The maximum Gasteiger partial charge on any atom is 0.416 e. The Bertz CT molecular complexity index is 851. The highest BCUT2D eigenvalue weighted by Gasteiger charge is 2.30. The number of aromatic nitrogens is 2. The van der Waals surface area contributed by atoms with Crippen LogP contribution in [0.5, 0.6) is 5.88 Å². The van der Waals surface area contributed by atoms with Crippen LogP contribution in [0.3, 0.4) is 0 Å². The fourth-order valence-corrected chi connectivity index (χ4v) is 2.24. The van der Waals surface area contributed by atoms with Crippen LogP contribution in [0.2, 0.25) is 0 Å². The zero-order chi connectivity index (χ0) is 20.2. The first-order chi connectivity index (χ1) is 12.7. The summed E-state index contributed by atoms with van der Waals surface area (Å²) < 4.78 is 42.9. The Morgan fingerprint density at radius 1 is 1.26 bits per heavy atom. The van der Waals surface area contributed by atoms with Crippen LogP contribution in [0.4, 0.5) is 13.2 Å². The summed E-state index contributed by atoms with van der Waals surface area (Å²) in [5.41, 5.74) is -0.316. The number of amidine groups is 1. The molecular weight excluding hydrogens is 365 g/mol. The van der Waals surface area contributed by atoms with Crippen molar-refractivity contribution in [2.45, 2.75) is 25.9 Å². The number of alkyl halides is 3. The fraction of sp³-hybridized carbons (Fsp3) is 0.294. The number of carbonyl (C=O) groups is 1. The second-order valence-corrected chi connectivity index (χ2v) is 5.62. The molecule has 0 saturated heterocycles. The fourth-order valence-electron chi connectivity index (χ4n) is 2.24. The van der Waals surface area contributed by atoms with E-state index in [1.165, 1.54) is 32.2 Å². The highest BCUT2D eigenvalue weighted by molar-refractivity contribution is 6.08. The van der Waals surface area contributed by atoms with Crippen LogP contribution in [0, 0.1) is 6.92 Å².